The number of rotatable bonds is 2. The van der Waals surface area contributed by atoms with E-state index in [4.69, 9.17) is 0 Å². The van der Waals surface area contributed by atoms with Crippen molar-refractivity contribution in [3.05, 3.63) is 45.6 Å². The number of carbonyl (C=O) groups is 1. The zero-order chi connectivity index (χ0) is 13.3. The van der Waals surface area contributed by atoms with Gasteiger partial charge in [-0.3, -0.25) is 4.79 Å². The summed E-state index contributed by atoms with van der Waals surface area (Å²) >= 11 is 0.657. The van der Waals surface area contributed by atoms with Crippen molar-refractivity contribution >= 4 is 17.6 Å². The molecule has 0 spiro atoms. The van der Waals surface area contributed by atoms with E-state index in [-0.39, 0.29) is 5.56 Å². The molecule has 94 valence electrons. The van der Waals surface area contributed by atoms with E-state index in [1.54, 1.807) is 19.1 Å². The van der Waals surface area contributed by atoms with Crippen LogP contribution >= 0.6 is 11.3 Å². The maximum Gasteiger partial charge on any atom is 0.426 e. The summed E-state index contributed by atoms with van der Waals surface area (Å²) in [6.07, 6.45) is -3.73. The molecule has 0 saturated heterocycles. The minimum absolute atomic E-state index is 0.124. The highest BCUT2D eigenvalue weighted by Crippen LogP contribution is 2.41. The highest BCUT2D eigenvalue weighted by Gasteiger charge is 2.35. The summed E-state index contributed by atoms with van der Waals surface area (Å²) < 4.78 is 38.4. The van der Waals surface area contributed by atoms with E-state index in [1.165, 1.54) is 17.5 Å². The van der Waals surface area contributed by atoms with Gasteiger partial charge in [0.1, 0.15) is 11.2 Å². The van der Waals surface area contributed by atoms with Crippen LogP contribution in [0.25, 0.3) is 11.1 Å². The first kappa shape index (κ1) is 12.8. The van der Waals surface area contributed by atoms with Crippen LogP contribution in [0.5, 0.6) is 0 Å². The van der Waals surface area contributed by atoms with Gasteiger partial charge in [0.25, 0.3) is 0 Å². The highest BCUT2D eigenvalue weighted by atomic mass is 32.1. The molecule has 0 aliphatic carbocycles. The summed E-state index contributed by atoms with van der Waals surface area (Å²) in [5.74, 6) is 0. The van der Waals surface area contributed by atoms with Gasteiger partial charge in [0, 0.05) is 11.1 Å². The van der Waals surface area contributed by atoms with Gasteiger partial charge in [0.15, 0.2) is 0 Å². The molecule has 0 saturated carbocycles. The Hall–Kier alpha value is -1.62. The Morgan fingerprint density at radius 3 is 2.56 bits per heavy atom. The van der Waals surface area contributed by atoms with E-state index in [2.05, 4.69) is 0 Å². The third kappa shape index (κ3) is 2.46. The first-order chi connectivity index (χ1) is 8.41. The number of aryl methyl sites for hydroxylation is 1. The Bertz CT molecular complexity index is 584. The van der Waals surface area contributed by atoms with Crippen molar-refractivity contribution in [2.24, 2.45) is 0 Å². The van der Waals surface area contributed by atoms with Crippen molar-refractivity contribution in [2.45, 2.75) is 13.1 Å². The molecule has 1 nitrogen and oxygen atoms in total. The molecular weight excluding hydrogens is 261 g/mol. The maximum absolute atomic E-state index is 12.8. The topological polar surface area (TPSA) is 17.1 Å². The Labute approximate surface area is 106 Å². The van der Waals surface area contributed by atoms with E-state index in [1.807, 2.05) is 0 Å². The first-order valence-electron chi connectivity index (χ1n) is 5.14. The summed E-state index contributed by atoms with van der Waals surface area (Å²) in [4.78, 5) is 10.1. The molecule has 0 amide bonds. The molecule has 5 heteroatoms. The van der Waals surface area contributed by atoms with Crippen LogP contribution in [0.3, 0.4) is 0 Å². The molecule has 2 rings (SSSR count). The Balaban J connectivity index is 2.59. The van der Waals surface area contributed by atoms with Gasteiger partial charge >= 0.3 is 6.18 Å². The van der Waals surface area contributed by atoms with Crippen LogP contribution in [0.15, 0.2) is 29.6 Å². The van der Waals surface area contributed by atoms with E-state index in [0.717, 1.165) is 5.56 Å². The standard InChI is InChI=1S/C13H9F3OS/c1-8-4-9(7-17)6-10(5-8)11-2-3-18-12(11)13(14,15)16/h2-7H,1H3. The summed E-state index contributed by atoms with van der Waals surface area (Å²) in [6.45, 7) is 1.75. The van der Waals surface area contributed by atoms with E-state index in [0.29, 0.717) is 28.7 Å². The first-order valence-corrected chi connectivity index (χ1v) is 6.01. The number of benzene rings is 1. The average molecular weight is 270 g/mol. The van der Waals surface area contributed by atoms with Crippen molar-refractivity contribution < 1.29 is 18.0 Å². The lowest BCUT2D eigenvalue weighted by atomic mass is 10.0. The SMILES string of the molecule is Cc1cc(C=O)cc(-c2ccsc2C(F)(F)F)c1. The normalized spacial score (nSPS) is 11.6. The second kappa shape index (κ2) is 4.57. The van der Waals surface area contributed by atoms with E-state index >= 15 is 0 Å². The van der Waals surface area contributed by atoms with Crippen molar-refractivity contribution in [2.75, 3.05) is 0 Å². The van der Waals surface area contributed by atoms with Gasteiger partial charge in [-0.15, -0.1) is 11.3 Å². The molecule has 1 heterocycles. The van der Waals surface area contributed by atoms with Gasteiger partial charge in [-0.2, -0.15) is 13.2 Å². The molecule has 0 aliphatic heterocycles. The predicted molar refractivity (Wildman–Crippen MR) is 64.9 cm³/mol. The number of thiophene rings is 1. The van der Waals surface area contributed by atoms with Gasteiger partial charge in [-0.25, -0.2) is 0 Å². The van der Waals surface area contributed by atoms with Gasteiger partial charge < -0.3 is 0 Å². The van der Waals surface area contributed by atoms with Crippen molar-refractivity contribution in [1.82, 2.24) is 0 Å². The molecule has 0 radical (unpaired) electrons. The molecular formula is C13H9F3OS. The fourth-order valence-corrected chi connectivity index (χ4v) is 2.58. The molecule has 0 bridgehead atoms. The van der Waals surface area contributed by atoms with Gasteiger partial charge in [-0.05, 0) is 41.6 Å². The Morgan fingerprint density at radius 1 is 1.22 bits per heavy atom. The zero-order valence-corrected chi connectivity index (χ0v) is 10.2. The zero-order valence-electron chi connectivity index (χ0n) is 9.41. The summed E-state index contributed by atoms with van der Waals surface area (Å²) in [6, 6.07) is 6.18. The molecule has 1 aromatic carbocycles. The van der Waals surface area contributed by atoms with Crippen LogP contribution in [0.1, 0.15) is 20.8 Å². The number of alkyl halides is 3. The van der Waals surface area contributed by atoms with Crippen LogP contribution < -0.4 is 0 Å². The van der Waals surface area contributed by atoms with Crippen molar-refractivity contribution in [3.8, 4) is 11.1 Å². The van der Waals surface area contributed by atoms with Crippen molar-refractivity contribution in [1.29, 1.82) is 0 Å². The van der Waals surface area contributed by atoms with Gasteiger partial charge in [-0.1, -0.05) is 6.07 Å². The highest BCUT2D eigenvalue weighted by molar-refractivity contribution is 7.10. The van der Waals surface area contributed by atoms with Crippen LogP contribution in [-0.4, -0.2) is 6.29 Å². The quantitative estimate of drug-likeness (QED) is 0.731. The second-order valence-corrected chi connectivity index (χ2v) is 4.83. The average Bonchev–Trinajstić information content (AvgIpc) is 2.76. The molecule has 18 heavy (non-hydrogen) atoms. The summed E-state index contributed by atoms with van der Waals surface area (Å²) in [5.41, 5.74) is 1.68. The van der Waals surface area contributed by atoms with Crippen LogP contribution in [0, 0.1) is 6.92 Å². The lowest BCUT2D eigenvalue weighted by Gasteiger charge is -2.09. The van der Waals surface area contributed by atoms with E-state index < -0.39 is 11.1 Å². The van der Waals surface area contributed by atoms with E-state index in [9.17, 15) is 18.0 Å². The summed E-state index contributed by atoms with van der Waals surface area (Å²) in [5, 5.41) is 1.40. The molecule has 0 unspecified atom stereocenters. The number of carbonyl (C=O) groups excluding carboxylic acids is 1. The summed E-state index contributed by atoms with van der Waals surface area (Å²) in [7, 11) is 0. The van der Waals surface area contributed by atoms with Gasteiger partial charge in [0.2, 0.25) is 0 Å². The maximum atomic E-state index is 12.8. The molecule has 0 aliphatic rings. The number of hydrogen-bond donors (Lipinski definition) is 0. The minimum Gasteiger partial charge on any atom is -0.298 e. The number of hydrogen-bond acceptors (Lipinski definition) is 2. The predicted octanol–water partition coefficient (Wildman–Crippen LogP) is 4.55. The third-order valence-electron chi connectivity index (χ3n) is 2.47. The fourth-order valence-electron chi connectivity index (χ4n) is 1.79. The monoisotopic (exact) mass is 270 g/mol. The molecule has 0 atom stereocenters. The smallest absolute Gasteiger partial charge is 0.298 e. The minimum atomic E-state index is -4.37. The molecule has 0 N–H and O–H groups in total. The number of halogens is 3. The Morgan fingerprint density at radius 2 is 1.94 bits per heavy atom. The fraction of sp³-hybridized carbons (Fsp3) is 0.154. The van der Waals surface area contributed by atoms with Crippen molar-refractivity contribution in [3.63, 3.8) is 0 Å². The lowest BCUT2D eigenvalue weighted by molar-refractivity contribution is -0.133. The Kier molecular flexibility index (Phi) is 3.26. The second-order valence-electron chi connectivity index (χ2n) is 3.91. The van der Waals surface area contributed by atoms with Crippen LogP contribution in [-0.2, 0) is 6.18 Å². The lowest BCUT2D eigenvalue weighted by Crippen LogP contribution is -2.03. The largest absolute Gasteiger partial charge is 0.426 e. The third-order valence-corrected chi connectivity index (χ3v) is 3.43. The van der Waals surface area contributed by atoms with Crippen LogP contribution in [0.4, 0.5) is 13.2 Å². The molecule has 1 aromatic heterocycles. The molecule has 0 fully saturated rings. The molecule has 2 aromatic rings. The van der Waals surface area contributed by atoms with Gasteiger partial charge in [0.05, 0.1) is 0 Å². The number of aldehydes is 1. The van der Waals surface area contributed by atoms with Crippen LogP contribution in [0.2, 0.25) is 0 Å².